The van der Waals surface area contributed by atoms with Crippen LogP contribution in [0, 0.1) is 0 Å². The monoisotopic (exact) mass is 219 g/mol. The van der Waals surface area contributed by atoms with Gasteiger partial charge in [-0.3, -0.25) is 15.0 Å². The molecule has 0 aliphatic heterocycles. The summed E-state index contributed by atoms with van der Waals surface area (Å²) >= 11 is 3.22. The van der Waals surface area contributed by atoms with Gasteiger partial charge in [0.15, 0.2) is 0 Å². The normalized spacial score (nSPS) is 13.4. The molecule has 1 unspecified atom stereocenters. The van der Waals surface area contributed by atoms with E-state index < -0.39 is 0 Å². The van der Waals surface area contributed by atoms with Gasteiger partial charge in [0.05, 0.1) is 5.56 Å². The van der Waals surface area contributed by atoms with Gasteiger partial charge in [-0.05, 0) is 22.5 Å². The van der Waals surface area contributed by atoms with Crippen LogP contribution >= 0.6 is 15.9 Å². The maximum Gasteiger partial charge on any atom is 0.268 e. The molecule has 1 aromatic rings. The van der Waals surface area contributed by atoms with Crippen LogP contribution in [0.1, 0.15) is 18.4 Å². The summed E-state index contributed by atoms with van der Waals surface area (Å²) in [5.74, 6) is 0.0828. The van der Waals surface area contributed by atoms with Crippen LogP contribution in [0.3, 0.4) is 0 Å². The van der Waals surface area contributed by atoms with E-state index in [1.807, 2.05) is 6.92 Å². The second kappa shape index (κ2) is 3.23. The van der Waals surface area contributed by atoms with Gasteiger partial charge < -0.3 is 5.73 Å². The van der Waals surface area contributed by atoms with Crippen molar-refractivity contribution in [2.45, 2.75) is 12.8 Å². The molecule has 1 heterocycles. The highest BCUT2D eigenvalue weighted by atomic mass is 79.9. The maximum atomic E-state index is 11.1. The Hall–Kier alpha value is -0.550. The molecular formula is C6H10BrN3O. The van der Waals surface area contributed by atoms with Gasteiger partial charge in [0, 0.05) is 5.92 Å². The lowest BCUT2D eigenvalue weighted by Crippen LogP contribution is -2.16. The highest BCUT2D eigenvalue weighted by molar-refractivity contribution is 9.10. The molecule has 1 rings (SSSR count). The van der Waals surface area contributed by atoms with Crippen LogP contribution < -0.4 is 11.3 Å². The average molecular weight is 220 g/mol. The highest BCUT2D eigenvalue weighted by Crippen LogP contribution is 2.17. The zero-order valence-corrected chi connectivity index (χ0v) is 7.73. The van der Waals surface area contributed by atoms with Crippen molar-refractivity contribution in [1.82, 2.24) is 10.2 Å². The minimum Gasteiger partial charge on any atom is -0.330 e. The fourth-order valence-electron chi connectivity index (χ4n) is 0.904. The van der Waals surface area contributed by atoms with Gasteiger partial charge in [-0.2, -0.15) is 0 Å². The molecule has 0 aliphatic carbocycles. The molecule has 11 heavy (non-hydrogen) atoms. The number of nitrogens with two attached hydrogens (primary N) is 1. The van der Waals surface area contributed by atoms with Crippen molar-refractivity contribution < 1.29 is 0 Å². The van der Waals surface area contributed by atoms with Gasteiger partial charge >= 0.3 is 0 Å². The number of hydrogen-bond donors (Lipinski definition) is 3. The SMILES string of the molecule is CC(CN)c1c(Br)[nH][nH]c1=O. The van der Waals surface area contributed by atoms with Crippen LogP contribution in [0.5, 0.6) is 0 Å². The summed E-state index contributed by atoms with van der Waals surface area (Å²) in [6.45, 7) is 2.38. The lowest BCUT2D eigenvalue weighted by Gasteiger charge is -2.03. The third kappa shape index (κ3) is 1.54. The van der Waals surface area contributed by atoms with Gasteiger partial charge in [-0.15, -0.1) is 0 Å². The van der Waals surface area contributed by atoms with Crippen molar-refractivity contribution in [2.24, 2.45) is 5.73 Å². The van der Waals surface area contributed by atoms with Gasteiger partial charge in [0.2, 0.25) is 0 Å². The Morgan fingerprint density at radius 1 is 1.64 bits per heavy atom. The van der Waals surface area contributed by atoms with Crippen molar-refractivity contribution in [2.75, 3.05) is 6.54 Å². The van der Waals surface area contributed by atoms with Crippen LogP contribution in [0.2, 0.25) is 0 Å². The average Bonchev–Trinajstić information content (AvgIpc) is 2.30. The molecule has 0 radical (unpaired) electrons. The molecule has 0 spiro atoms. The van der Waals surface area contributed by atoms with E-state index in [0.29, 0.717) is 16.7 Å². The summed E-state index contributed by atoms with van der Waals surface area (Å²) in [4.78, 5) is 11.1. The molecule has 0 amide bonds. The predicted octanol–water partition coefficient (Wildman–Crippen LogP) is 0.528. The number of H-pyrrole nitrogens is 2. The lowest BCUT2D eigenvalue weighted by atomic mass is 10.1. The molecule has 62 valence electrons. The quantitative estimate of drug-likeness (QED) is 0.679. The first-order valence-corrected chi connectivity index (χ1v) is 4.12. The molecule has 1 atom stereocenters. The molecule has 0 saturated heterocycles. The first-order chi connectivity index (χ1) is 5.16. The van der Waals surface area contributed by atoms with Crippen molar-refractivity contribution in [1.29, 1.82) is 0 Å². The summed E-state index contributed by atoms with van der Waals surface area (Å²) in [6.07, 6.45) is 0. The zero-order valence-electron chi connectivity index (χ0n) is 6.15. The summed E-state index contributed by atoms with van der Waals surface area (Å²) in [5, 5.41) is 5.14. The van der Waals surface area contributed by atoms with E-state index in [4.69, 9.17) is 5.73 Å². The number of nitrogens with one attached hydrogen (secondary N) is 2. The second-order valence-electron chi connectivity index (χ2n) is 2.44. The van der Waals surface area contributed by atoms with Crippen molar-refractivity contribution >= 4 is 15.9 Å². The van der Waals surface area contributed by atoms with Gasteiger partial charge in [-0.25, -0.2) is 0 Å². The van der Waals surface area contributed by atoms with Crippen LogP contribution in [0.4, 0.5) is 0 Å². The van der Waals surface area contributed by atoms with E-state index >= 15 is 0 Å². The summed E-state index contributed by atoms with van der Waals surface area (Å²) in [5.41, 5.74) is 6.00. The topological polar surface area (TPSA) is 74.7 Å². The molecule has 1 aromatic heterocycles. The fraction of sp³-hybridized carbons (Fsp3) is 0.500. The standard InChI is InChI=1S/C6H10BrN3O/c1-3(2-8)4-5(7)9-10-6(4)11/h3H,2,8H2,1H3,(H2,9,10,11). The minimum atomic E-state index is -0.102. The molecule has 0 aliphatic rings. The molecule has 0 fully saturated rings. The van der Waals surface area contributed by atoms with E-state index in [0.717, 1.165) is 0 Å². The van der Waals surface area contributed by atoms with E-state index in [1.165, 1.54) is 0 Å². The van der Waals surface area contributed by atoms with E-state index in [9.17, 15) is 4.79 Å². The number of halogens is 1. The number of aromatic nitrogens is 2. The Kier molecular flexibility index (Phi) is 2.51. The first-order valence-electron chi connectivity index (χ1n) is 3.33. The molecule has 4 N–H and O–H groups in total. The Bertz CT molecular complexity index is 290. The largest absolute Gasteiger partial charge is 0.330 e. The smallest absolute Gasteiger partial charge is 0.268 e. The van der Waals surface area contributed by atoms with E-state index in [-0.39, 0.29) is 11.5 Å². The molecule has 0 bridgehead atoms. The van der Waals surface area contributed by atoms with Crippen LogP contribution in [0.15, 0.2) is 9.40 Å². The summed E-state index contributed by atoms with van der Waals surface area (Å²) < 4.78 is 0.695. The van der Waals surface area contributed by atoms with Gasteiger partial charge in [0.1, 0.15) is 4.60 Å². The second-order valence-corrected chi connectivity index (χ2v) is 3.24. The van der Waals surface area contributed by atoms with Gasteiger partial charge in [0.25, 0.3) is 5.56 Å². The maximum absolute atomic E-state index is 11.1. The third-order valence-corrected chi connectivity index (χ3v) is 2.24. The van der Waals surface area contributed by atoms with Crippen molar-refractivity contribution in [3.8, 4) is 0 Å². The van der Waals surface area contributed by atoms with Crippen molar-refractivity contribution in [3.63, 3.8) is 0 Å². The number of aromatic amines is 2. The van der Waals surface area contributed by atoms with Crippen molar-refractivity contribution in [3.05, 3.63) is 20.5 Å². The number of hydrogen-bond acceptors (Lipinski definition) is 2. The molecule has 0 saturated carbocycles. The summed E-state index contributed by atoms with van der Waals surface area (Å²) in [7, 11) is 0. The molecule has 0 aromatic carbocycles. The lowest BCUT2D eigenvalue weighted by molar-refractivity contribution is 0.765. The molecule has 4 nitrogen and oxygen atoms in total. The Labute approximate surface area is 72.3 Å². The molecule has 5 heteroatoms. The minimum absolute atomic E-state index is 0.0828. The summed E-state index contributed by atoms with van der Waals surface area (Å²) in [6, 6.07) is 0. The van der Waals surface area contributed by atoms with E-state index in [1.54, 1.807) is 0 Å². The fourth-order valence-corrected chi connectivity index (χ4v) is 1.57. The predicted molar refractivity (Wildman–Crippen MR) is 46.6 cm³/mol. The Morgan fingerprint density at radius 2 is 2.27 bits per heavy atom. The first kappa shape index (κ1) is 8.55. The Morgan fingerprint density at radius 3 is 2.64 bits per heavy atom. The highest BCUT2D eigenvalue weighted by Gasteiger charge is 2.13. The number of rotatable bonds is 2. The van der Waals surface area contributed by atoms with Crippen LogP contribution in [-0.2, 0) is 0 Å². The van der Waals surface area contributed by atoms with Crippen LogP contribution in [0.25, 0.3) is 0 Å². The van der Waals surface area contributed by atoms with E-state index in [2.05, 4.69) is 26.1 Å². The third-order valence-electron chi connectivity index (χ3n) is 1.61. The molecular weight excluding hydrogens is 210 g/mol. The zero-order chi connectivity index (χ0) is 8.43. The van der Waals surface area contributed by atoms with Gasteiger partial charge in [-0.1, -0.05) is 6.92 Å². The van der Waals surface area contributed by atoms with Crippen LogP contribution in [-0.4, -0.2) is 16.7 Å². The Balaban J connectivity index is 3.10.